The first kappa shape index (κ1) is 24.8. The second-order valence-corrected chi connectivity index (χ2v) is 9.16. The van der Waals surface area contributed by atoms with E-state index in [1.807, 2.05) is 4.90 Å². The number of aromatic nitrogens is 2. The van der Waals surface area contributed by atoms with E-state index < -0.39 is 4.92 Å². The summed E-state index contributed by atoms with van der Waals surface area (Å²) in [5, 5.41) is 15.0. The fraction of sp³-hybridized carbons (Fsp3) is 0.583. The van der Waals surface area contributed by atoms with E-state index in [2.05, 4.69) is 15.0 Å². The summed E-state index contributed by atoms with van der Waals surface area (Å²) >= 11 is 0. The lowest BCUT2D eigenvalue weighted by atomic mass is 10.1. The van der Waals surface area contributed by atoms with E-state index in [0.717, 1.165) is 25.9 Å². The minimum Gasteiger partial charge on any atom is -0.343 e. The van der Waals surface area contributed by atoms with Crippen LogP contribution in [-0.2, 0) is 29.0 Å². The average Bonchev–Trinajstić information content (AvgIpc) is 3.12. The summed E-state index contributed by atoms with van der Waals surface area (Å²) in [5.74, 6) is 1.17. The van der Waals surface area contributed by atoms with E-state index in [4.69, 9.17) is 4.52 Å². The molecule has 0 saturated carbocycles. The smallest absolute Gasteiger partial charge is 0.269 e. The van der Waals surface area contributed by atoms with Crippen LogP contribution in [0.15, 0.2) is 28.8 Å². The van der Waals surface area contributed by atoms with Gasteiger partial charge >= 0.3 is 0 Å². The Balaban J connectivity index is 1.19. The number of benzene rings is 1. The van der Waals surface area contributed by atoms with Gasteiger partial charge in [-0.1, -0.05) is 30.1 Å². The Bertz CT molecular complexity index is 1020. The van der Waals surface area contributed by atoms with Crippen LogP contribution in [0.5, 0.6) is 0 Å². The predicted molar refractivity (Wildman–Crippen MR) is 126 cm³/mol. The summed E-state index contributed by atoms with van der Waals surface area (Å²) < 4.78 is 5.35. The van der Waals surface area contributed by atoms with Crippen LogP contribution < -0.4 is 0 Å². The van der Waals surface area contributed by atoms with Crippen LogP contribution in [0.4, 0.5) is 5.69 Å². The van der Waals surface area contributed by atoms with Gasteiger partial charge in [-0.3, -0.25) is 24.6 Å². The number of hydrogen-bond donors (Lipinski definition) is 0. The first-order chi connectivity index (χ1) is 17.0. The lowest BCUT2D eigenvalue weighted by Crippen LogP contribution is -2.48. The maximum Gasteiger partial charge on any atom is 0.269 e. The molecule has 3 heterocycles. The van der Waals surface area contributed by atoms with Crippen molar-refractivity contribution in [3.63, 3.8) is 0 Å². The number of carbonyl (C=O) groups excluding carboxylic acids is 2. The molecule has 0 atom stereocenters. The van der Waals surface area contributed by atoms with Gasteiger partial charge in [-0.25, -0.2) is 0 Å². The zero-order chi connectivity index (χ0) is 24.6. The fourth-order valence-electron chi connectivity index (χ4n) is 4.57. The van der Waals surface area contributed by atoms with Gasteiger partial charge in [-0.2, -0.15) is 4.98 Å². The number of non-ortho nitro benzene ring substituents is 1. The van der Waals surface area contributed by atoms with Crippen molar-refractivity contribution in [2.75, 3.05) is 39.3 Å². The molecule has 35 heavy (non-hydrogen) atoms. The van der Waals surface area contributed by atoms with E-state index in [-0.39, 0.29) is 23.9 Å². The van der Waals surface area contributed by atoms with E-state index in [0.29, 0.717) is 62.8 Å². The SMILES string of the molecule is O=C(CCc1nc(CN2CCN(C(=O)Cc3cccc([N+](=O)[O-])c3)CC2)no1)N1CCCCCC1. The van der Waals surface area contributed by atoms with Crippen molar-refractivity contribution in [2.24, 2.45) is 0 Å². The third-order valence-corrected chi connectivity index (χ3v) is 6.59. The van der Waals surface area contributed by atoms with Crippen molar-refractivity contribution in [1.82, 2.24) is 24.8 Å². The van der Waals surface area contributed by atoms with Gasteiger partial charge in [0.2, 0.25) is 17.7 Å². The zero-order valence-corrected chi connectivity index (χ0v) is 19.9. The van der Waals surface area contributed by atoms with Gasteiger partial charge in [-0.05, 0) is 18.4 Å². The van der Waals surface area contributed by atoms with E-state index >= 15 is 0 Å². The minimum atomic E-state index is -0.455. The summed E-state index contributed by atoms with van der Waals surface area (Å²) in [6, 6.07) is 6.20. The fourth-order valence-corrected chi connectivity index (χ4v) is 4.57. The number of piperazine rings is 1. The predicted octanol–water partition coefficient (Wildman–Crippen LogP) is 2.20. The molecular weight excluding hydrogens is 452 g/mol. The molecule has 4 rings (SSSR count). The Morgan fingerprint density at radius 3 is 2.40 bits per heavy atom. The number of nitro benzene ring substituents is 1. The van der Waals surface area contributed by atoms with E-state index in [9.17, 15) is 19.7 Å². The summed E-state index contributed by atoms with van der Waals surface area (Å²) in [6.07, 6.45) is 5.50. The molecular formula is C24H32N6O5. The van der Waals surface area contributed by atoms with Crippen LogP contribution in [0, 0.1) is 10.1 Å². The van der Waals surface area contributed by atoms with Crippen LogP contribution in [0.3, 0.4) is 0 Å². The molecule has 1 aromatic carbocycles. The Morgan fingerprint density at radius 1 is 0.971 bits per heavy atom. The highest BCUT2D eigenvalue weighted by atomic mass is 16.6. The van der Waals surface area contributed by atoms with Crippen LogP contribution >= 0.6 is 0 Å². The summed E-state index contributed by atoms with van der Waals surface area (Å²) in [7, 11) is 0. The maximum absolute atomic E-state index is 12.6. The highest BCUT2D eigenvalue weighted by Gasteiger charge is 2.23. The molecule has 0 aliphatic carbocycles. The average molecular weight is 485 g/mol. The first-order valence-electron chi connectivity index (χ1n) is 12.3. The molecule has 0 bridgehead atoms. The number of rotatable bonds is 8. The maximum atomic E-state index is 12.6. The molecule has 2 fully saturated rings. The Morgan fingerprint density at radius 2 is 1.69 bits per heavy atom. The Kier molecular flexibility index (Phi) is 8.40. The third-order valence-electron chi connectivity index (χ3n) is 6.59. The number of carbonyl (C=O) groups is 2. The molecule has 0 spiro atoms. The van der Waals surface area contributed by atoms with Crippen molar-refractivity contribution in [3.05, 3.63) is 51.7 Å². The standard InChI is InChI=1S/C24H32N6O5/c31-23(28-10-3-1-2-4-11-28)9-8-22-25-21(26-35-22)18-27-12-14-29(15-13-27)24(32)17-19-6-5-7-20(16-19)30(33)34/h5-7,16H,1-4,8-15,17-18H2. The van der Waals surface area contributed by atoms with Crippen LogP contribution in [0.25, 0.3) is 0 Å². The molecule has 0 radical (unpaired) electrons. The van der Waals surface area contributed by atoms with Gasteiger partial charge in [-0.15, -0.1) is 0 Å². The largest absolute Gasteiger partial charge is 0.343 e. The number of hydrogen-bond acceptors (Lipinski definition) is 8. The van der Waals surface area contributed by atoms with Gasteiger partial charge in [0.15, 0.2) is 5.82 Å². The topological polar surface area (TPSA) is 126 Å². The molecule has 2 aliphatic rings. The molecule has 188 valence electrons. The van der Waals surface area contributed by atoms with Gasteiger partial charge in [0.25, 0.3) is 5.69 Å². The highest BCUT2D eigenvalue weighted by Crippen LogP contribution is 2.16. The van der Waals surface area contributed by atoms with Crippen LogP contribution in [-0.4, -0.2) is 80.8 Å². The molecule has 0 N–H and O–H groups in total. The van der Waals surface area contributed by atoms with E-state index in [1.54, 1.807) is 17.0 Å². The number of nitro groups is 1. The molecule has 2 amide bonds. The van der Waals surface area contributed by atoms with Crippen molar-refractivity contribution in [3.8, 4) is 0 Å². The number of likely N-dealkylation sites (tertiary alicyclic amines) is 1. The molecule has 2 aliphatic heterocycles. The molecule has 2 saturated heterocycles. The third kappa shape index (κ3) is 7.08. The number of aryl methyl sites for hydroxylation is 1. The molecule has 1 aromatic heterocycles. The van der Waals surface area contributed by atoms with Crippen molar-refractivity contribution in [1.29, 1.82) is 0 Å². The summed E-state index contributed by atoms with van der Waals surface area (Å²) in [4.78, 5) is 45.9. The van der Waals surface area contributed by atoms with Gasteiger partial charge in [0, 0.05) is 64.2 Å². The minimum absolute atomic E-state index is 0.00842. The van der Waals surface area contributed by atoms with Crippen LogP contribution in [0.2, 0.25) is 0 Å². The second-order valence-electron chi connectivity index (χ2n) is 9.16. The van der Waals surface area contributed by atoms with Crippen LogP contribution in [0.1, 0.15) is 49.4 Å². The quantitative estimate of drug-likeness (QED) is 0.412. The Labute approximate surface area is 204 Å². The molecule has 11 nitrogen and oxygen atoms in total. The Hall–Kier alpha value is -3.34. The summed E-state index contributed by atoms with van der Waals surface area (Å²) in [6.45, 7) is 4.71. The number of nitrogens with zero attached hydrogens (tertiary/aromatic N) is 6. The van der Waals surface area contributed by atoms with Gasteiger partial charge in [0.1, 0.15) is 0 Å². The first-order valence-corrected chi connectivity index (χ1v) is 12.3. The second kappa shape index (κ2) is 11.9. The lowest BCUT2D eigenvalue weighted by Gasteiger charge is -2.34. The van der Waals surface area contributed by atoms with E-state index in [1.165, 1.54) is 25.0 Å². The molecule has 11 heteroatoms. The highest BCUT2D eigenvalue weighted by molar-refractivity contribution is 5.79. The summed E-state index contributed by atoms with van der Waals surface area (Å²) in [5.41, 5.74) is 0.631. The molecule has 0 unspecified atom stereocenters. The monoisotopic (exact) mass is 484 g/mol. The normalized spacial score (nSPS) is 17.3. The zero-order valence-electron chi connectivity index (χ0n) is 19.9. The van der Waals surface area contributed by atoms with Crippen molar-refractivity contribution >= 4 is 17.5 Å². The van der Waals surface area contributed by atoms with Crippen molar-refractivity contribution < 1.29 is 19.0 Å². The molecule has 2 aromatic rings. The number of amides is 2. The van der Waals surface area contributed by atoms with Gasteiger partial charge < -0.3 is 14.3 Å². The van der Waals surface area contributed by atoms with Crippen molar-refractivity contribution in [2.45, 2.75) is 51.5 Å². The lowest BCUT2D eigenvalue weighted by molar-refractivity contribution is -0.384. The van der Waals surface area contributed by atoms with Gasteiger partial charge in [0.05, 0.1) is 17.9 Å².